The molecule has 0 bridgehead atoms. The first-order valence-electron chi connectivity index (χ1n) is 6.69. The first kappa shape index (κ1) is 15.1. The lowest BCUT2D eigenvalue weighted by molar-refractivity contribution is 0.357. The molecule has 0 saturated carbocycles. The molecule has 0 fully saturated rings. The van der Waals surface area contributed by atoms with Gasteiger partial charge in [-0.2, -0.15) is 0 Å². The van der Waals surface area contributed by atoms with Crippen molar-refractivity contribution >= 4 is 0 Å². The Kier molecular flexibility index (Phi) is 6.27. The van der Waals surface area contributed by atoms with Crippen molar-refractivity contribution in [2.75, 3.05) is 13.1 Å². The maximum Gasteiger partial charge on any atom is 0.129 e. The zero-order chi connectivity index (χ0) is 13.5. The molecule has 0 heterocycles. The summed E-state index contributed by atoms with van der Waals surface area (Å²) >= 11 is 0. The van der Waals surface area contributed by atoms with Crippen LogP contribution < -0.4 is 5.32 Å². The molecule has 2 atom stereocenters. The predicted molar refractivity (Wildman–Crippen MR) is 71.6 cm³/mol. The van der Waals surface area contributed by atoms with Crippen molar-refractivity contribution in [1.82, 2.24) is 5.32 Å². The highest BCUT2D eigenvalue weighted by molar-refractivity contribution is 5.20. The summed E-state index contributed by atoms with van der Waals surface area (Å²) < 4.78 is 27.1. The zero-order valence-corrected chi connectivity index (χ0v) is 11.5. The Balaban J connectivity index is 2.55. The van der Waals surface area contributed by atoms with E-state index in [1.54, 1.807) is 0 Å². The molecular weight excluding hydrogens is 232 g/mol. The minimum atomic E-state index is -0.435. The van der Waals surface area contributed by atoms with Gasteiger partial charge in [0, 0.05) is 5.56 Å². The first-order chi connectivity index (χ1) is 8.56. The molecule has 0 aliphatic heterocycles. The summed E-state index contributed by atoms with van der Waals surface area (Å²) in [4.78, 5) is 0. The van der Waals surface area contributed by atoms with E-state index in [1.165, 1.54) is 18.2 Å². The highest BCUT2D eigenvalue weighted by atomic mass is 19.1. The van der Waals surface area contributed by atoms with Gasteiger partial charge >= 0.3 is 0 Å². The number of halogens is 2. The lowest BCUT2D eigenvalue weighted by Gasteiger charge is -2.21. The molecule has 102 valence electrons. The lowest BCUT2D eigenvalue weighted by atomic mass is 9.89. The topological polar surface area (TPSA) is 12.0 Å². The van der Waals surface area contributed by atoms with E-state index >= 15 is 0 Å². The van der Waals surface area contributed by atoms with Crippen molar-refractivity contribution in [2.24, 2.45) is 11.8 Å². The predicted octanol–water partition coefficient (Wildman–Crippen LogP) is 3.78. The molecule has 1 N–H and O–H groups in total. The molecule has 0 saturated heterocycles. The third-order valence-electron chi connectivity index (χ3n) is 3.45. The first-order valence-corrected chi connectivity index (χ1v) is 6.69. The number of hydrogen-bond acceptors (Lipinski definition) is 1. The van der Waals surface area contributed by atoms with Crippen LogP contribution in [0.4, 0.5) is 8.78 Å². The fourth-order valence-corrected chi connectivity index (χ4v) is 1.96. The van der Waals surface area contributed by atoms with Crippen LogP contribution in [0.2, 0.25) is 0 Å². The highest BCUT2D eigenvalue weighted by Gasteiger charge is 2.17. The monoisotopic (exact) mass is 255 g/mol. The van der Waals surface area contributed by atoms with E-state index in [9.17, 15) is 8.78 Å². The molecule has 0 aliphatic carbocycles. The molecule has 1 rings (SSSR count). The smallest absolute Gasteiger partial charge is 0.129 e. The van der Waals surface area contributed by atoms with Crippen molar-refractivity contribution in [3.05, 3.63) is 35.4 Å². The van der Waals surface area contributed by atoms with E-state index in [4.69, 9.17) is 0 Å². The van der Waals surface area contributed by atoms with Gasteiger partial charge in [0.2, 0.25) is 0 Å². The molecule has 1 aromatic carbocycles. The third-order valence-corrected chi connectivity index (χ3v) is 3.45. The second-order valence-electron chi connectivity index (χ2n) is 5.06. The van der Waals surface area contributed by atoms with Gasteiger partial charge in [0.25, 0.3) is 0 Å². The Bertz CT molecular complexity index is 345. The van der Waals surface area contributed by atoms with Crippen molar-refractivity contribution in [3.8, 4) is 0 Å². The van der Waals surface area contributed by atoms with Crippen LogP contribution in [0.25, 0.3) is 0 Å². The second-order valence-corrected chi connectivity index (χ2v) is 5.06. The summed E-state index contributed by atoms with van der Waals surface area (Å²) in [6, 6.07) is 4.06. The van der Waals surface area contributed by atoms with Crippen molar-refractivity contribution in [3.63, 3.8) is 0 Å². The van der Waals surface area contributed by atoms with Gasteiger partial charge < -0.3 is 5.32 Å². The summed E-state index contributed by atoms with van der Waals surface area (Å²) in [7, 11) is 0. The Morgan fingerprint density at radius 1 is 1.11 bits per heavy atom. The molecule has 0 spiro atoms. The van der Waals surface area contributed by atoms with E-state index in [2.05, 4.69) is 19.2 Å². The largest absolute Gasteiger partial charge is 0.316 e. The Morgan fingerprint density at radius 3 is 2.28 bits per heavy atom. The van der Waals surface area contributed by atoms with Crippen LogP contribution in [0.1, 0.15) is 32.8 Å². The minimum Gasteiger partial charge on any atom is -0.316 e. The molecular formula is C15H23F2N. The van der Waals surface area contributed by atoms with Gasteiger partial charge in [0.15, 0.2) is 0 Å². The maximum absolute atomic E-state index is 13.5. The molecule has 1 nitrogen and oxygen atoms in total. The highest BCUT2D eigenvalue weighted by Crippen LogP contribution is 2.21. The standard InChI is InChI=1S/C15H23F2N/c1-4-8-18-10-12(3)11(2)9-13-14(16)6-5-7-15(13)17/h5-7,11-12,18H,4,8-10H2,1-3H3. The van der Waals surface area contributed by atoms with E-state index in [1.807, 2.05) is 6.92 Å². The molecule has 3 heteroatoms. The molecule has 0 aliphatic rings. The summed E-state index contributed by atoms with van der Waals surface area (Å²) in [5, 5.41) is 3.34. The number of nitrogens with one attached hydrogen (secondary N) is 1. The van der Waals surface area contributed by atoms with Crippen LogP contribution in [-0.4, -0.2) is 13.1 Å². The molecule has 0 aromatic heterocycles. The fraction of sp³-hybridized carbons (Fsp3) is 0.600. The maximum atomic E-state index is 13.5. The Morgan fingerprint density at radius 2 is 1.72 bits per heavy atom. The fourth-order valence-electron chi connectivity index (χ4n) is 1.96. The summed E-state index contributed by atoms with van der Waals surface area (Å²) in [6.45, 7) is 8.17. The summed E-state index contributed by atoms with van der Waals surface area (Å²) in [5.41, 5.74) is 0.215. The third kappa shape index (κ3) is 4.37. The average molecular weight is 255 g/mol. The van der Waals surface area contributed by atoms with E-state index in [-0.39, 0.29) is 11.5 Å². The quantitative estimate of drug-likeness (QED) is 0.731. The second kappa shape index (κ2) is 7.47. The summed E-state index contributed by atoms with van der Waals surface area (Å²) in [6.07, 6.45) is 1.55. The van der Waals surface area contributed by atoms with Crippen molar-refractivity contribution in [1.29, 1.82) is 0 Å². The Hall–Kier alpha value is -0.960. The van der Waals surface area contributed by atoms with E-state index < -0.39 is 11.6 Å². The number of hydrogen-bond donors (Lipinski definition) is 1. The average Bonchev–Trinajstić information content (AvgIpc) is 2.34. The normalized spacial score (nSPS) is 14.5. The van der Waals surface area contributed by atoms with Gasteiger partial charge in [-0.05, 0) is 49.9 Å². The van der Waals surface area contributed by atoms with Crippen molar-refractivity contribution < 1.29 is 8.78 Å². The number of rotatable bonds is 7. The van der Waals surface area contributed by atoms with Gasteiger partial charge in [-0.1, -0.05) is 26.8 Å². The molecule has 18 heavy (non-hydrogen) atoms. The van der Waals surface area contributed by atoms with E-state index in [0.717, 1.165) is 19.5 Å². The van der Waals surface area contributed by atoms with Gasteiger partial charge in [0.1, 0.15) is 11.6 Å². The molecule has 1 aromatic rings. The van der Waals surface area contributed by atoms with Crippen LogP contribution in [0.5, 0.6) is 0 Å². The van der Waals surface area contributed by atoms with Crippen LogP contribution in [0.3, 0.4) is 0 Å². The molecule has 2 unspecified atom stereocenters. The van der Waals surface area contributed by atoms with Gasteiger partial charge in [0.05, 0.1) is 0 Å². The number of benzene rings is 1. The SMILES string of the molecule is CCCNCC(C)C(C)Cc1c(F)cccc1F. The summed E-state index contributed by atoms with van der Waals surface area (Å²) in [5.74, 6) is -0.220. The Labute approximate surface area is 109 Å². The van der Waals surface area contributed by atoms with Gasteiger partial charge in [-0.15, -0.1) is 0 Å². The van der Waals surface area contributed by atoms with Gasteiger partial charge in [-0.25, -0.2) is 8.78 Å². The minimum absolute atomic E-state index is 0.215. The van der Waals surface area contributed by atoms with Crippen LogP contribution in [-0.2, 0) is 6.42 Å². The van der Waals surface area contributed by atoms with Crippen LogP contribution in [0.15, 0.2) is 18.2 Å². The molecule has 0 amide bonds. The van der Waals surface area contributed by atoms with Gasteiger partial charge in [-0.3, -0.25) is 0 Å². The van der Waals surface area contributed by atoms with E-state index in [0.29, 0.717) is 12.3 Å². The van der Waals surface area contributed by atoms with Crippen LogP contribution >= 0.6 is 0 Å². The van der Waals surface area contributed by atoms with Crippen LogP contribution in [0, 0.1) is 23.5 Å². The van der Waals surface area contributed by atoms with Crippen molar-refractivity contribution in [2.45, 2.75) is 33.6 Å². The zero-order valence-electron chi connectivity index (χ0n) is 11.5. The molecule has 0 radical (unpaired) electrons. The lowest BCUT2D eigenvalue weighted by Crippen LogP contribution is -2.27.